The Morgan fingerprint density at radius 1 is 0.274 bits per heavy atom. The molecule has 0 spiro atoms. The average molecular weight is 1360 g/mol. The molecule has 0 bridgehead atoms. The molecule has 0 radical (unpaired) electrons. The van der Waals surface area contributed by atoms with Crippen molar-refractivity contribution in [1.29, 1.82) is 0 Å². The zero-order chi connectivity index (χ0) is 72.1. The zero-order valence-electron chi connectivity index (χ0n) is 61.2. The molecule has 106 heavy (non-hydrogen) atoms. The van der Waals surface area contributed by atoms with E-state index in [0.717, 1.165) is 68.9 Å². The number of hydrogen-bond acceptors (Lipinski definition) is 2. The van der Waals surface area contributed by atoms with Crippen molar-refractivity contribution in [3.63, 3.8) is 0 Å². The molecule has 0 heterocycles. The highest BCUT2D eigenvalue weighted by Crippen LogP contribution is 2.59. The lowest BCUT2D eigenvalue weighted by molar-refractivity contribution is 0.586. The molecule has 2 atom stereocenters. The fourth-order valence-electron chi connectivity index (χ4n) is 17.9. The van der Waals surface area contributed by atoms with Crippen LogP contribution in [-0.2, 0) is 34.5 Å². The lowest BCUT2D eigenvalue weighted by Gasteiger charge is -2.35. The summed E-state index contributed by atoms with van der Waals surface area (Å²) < 4.78 is 0. The summed E-state index contributed by atoms with van der Waals surface area (Å²) in [5.41, 5.74) is 28.1. The molecule has 16 aromatic rings. The maximum absolute atomic E-state index is 4.13. The SMILES string of the molecule is C=Cc1ccc(CC2(c3ccc(C(C)(C)C)cc3)c3ccccc3-c3ccc(N(c4cccc5ccccc45)c4ccc(-c5ccc(N(c6ccc7c(c6)C(Cc6ccc(C=C)cc6)(c6ccc(C(C)(C)C)cc6)c6ccccc6-7)c6cccc7ccccc67)c6ccccc56)c5ccccc45)cc32)cc1. The van der Waals surface area contributed by atoms with Gasteiger partial charge in [0.1, 0.15) is 0 Å². The second-order valence-corrected chi connectivity index (χ2v) is 31.3. The standard InChI is InChI=1S/C104H84N2/c1-9-69-41-45-71(46-42-69)67-103(77-53-49-75(50-54-77)101(3,4)5)93-37-21-19-33-87(93)89-59-57-79(65-95(89)103)105(97-39-23-27-73-25-11-13-29-81(73)97)99-63-61-85(83-31-15-17-35-91(83)99)86-62-64-100(92-36-18-16-32-84(86)92)106(98-40-24-28-74-26-12-14-30-82(74)98)80-58-60-90-88-34-20-22-38-94(88)104(96(90)66-80,68-72-47-43-70(10-2)44-48-72)78-55-51-76(52-56-78)102(6,7)8/h9-66H,1-2,67-68H2,3-8H3. The van der Waals surface area contributed by atoms with Crippen molar-refractivity contribution in [1.82, 2.24) is 0 Å². The Morgan fingerprint density at radius 2 is 0.594 bits per heavy atom. The van der Waals surface area contributed by atoms with Crippen LogP contribution in [0.5, 0.6) is 0 Å². The van der Waals surface area contributed by atoms with E-state index in [1.165, 1.54) is 121 Å². The smallest absolute Gasteiger partial charge is 0.0540 e. The van der Waals surface area contributed by atoms with Crippen LogP contribution < -0.4 is 9.80 Å². The van der Waals surface area contributed by atoms with Crippen molar-refractivity contribution in [2.45, 2.75) is 76.0 Å². The van der Waals surface area contributed by atoms with Gasteiger partial charge in [0, 0.05) is 32.9 Å². The maximum Gasteiger partial charge on any atom is 0.0540 e. The van der Waals surface area contributed by atoms with E-state index in [1.807, 2.05) is 12.2 Å². The first-order valence-corrected chi connectivity index (χ1v) is 37.4. The maximum atomic E-state index is 4.13. The van der Waals surface area contributed by atoms with Crippen LogP contribution in [-0.4, -0.2) is 0 Å². The Bertz CT molecular complexity index is 5750. The Kier molecular flexibility index (Phi) is 16.0. The molecule has 2 unspecified atom stereocenters. The first-order valence-electron chi connectivity index (χ1n) is 37.4. The molecule has 2 nitrogen and oxygen atoms in total. The monoisotopic (exact) mass is 1360 g/mol. The lowest BCUT2D eigenvalue weighted by atomic mass is 9.68. The third kappa shape index (κ3) is 10.8. The Balaban J connectivity index is 0.826. The van der Waals surface area contributed by atoms with Gasteiger partial charge < -0.3 is 9.80 Å². The van der Waals surface area contributed by atoms with Gasteiger partial charge in [-0.05, 0) is 194 Å². The molecule has 0 saturated heterocycles. The van der Waals surface area contributed by atoms with Gasteiger partial charge in [-0.1, -0.05) is 358 Å². The van der Waals surface area contributed by atoms with Gasteiger partial charge in [0.2, 0.25) is 0 Å². The summed E-state index contributed by atoms with van der Waals surface area (Å²) in [7, 11) is 0. The number of fused-ring (bicyclic) bond motifs is 10. The van der Waals surface area contributed by atoms with Crippen LogP contribution in [0.15, 0.2) is 353 Å². The number of rotatable bonds is 15. The highest BCUT2D eigenvalue weighted by atomic mass is 15.2. The second-order valence-electron chi connectivity index (χ2n) is 31.3. The fourth-order valence-corrected chi connectivity index (χ4v) is 17.9. The molecule has 16 aromatic carbocycles. The molecule has 0 saturated carbocycles. The summed E-state index contributed by atoms with van der Waals surface area (Å²) in [4.78, 5) is 5.10. The largest absolute Gasteiger partial charge is 0.309 e. The van der Waals surface area contributed by atoms with Crippen molar-refractivity contribution in [3.8, 4) is 33.4 Å². The van der Waals surface area contributed by atoms with Gasteiger partial charge in [-0.3, -0.25) is 0 Å². The zero-order valence-corrected chi connectivity index (χ0v) is 61.2. The number of hydrogen-bond donors (Lipinski definition) is 0. The van der Waals surface area contributed by atoms with Crippen molar-refractivity contribution in [2.75, 3.05) is 9.80 Å². The van der Waals surface area contributed by atoms with E-state index in [-0.39, 0.29) is 10.8 Å². The van der Waals surface area contributed by atoms with Gasteiger partial charge in [-0.2, -0.15) is 0 Å². The van der Waals surface area contributed by atoms with E-state index < -0.39 is 10.8 Å². The lowest BCUT2D eigenvalue weighted by Crippen LogP contribution is -2.30. The van der Waals surface area contributed by atoms with Crippen LogP contribution in [0.25, 0.3) is 88.6 Å². The number of anilines is 6. The molecular formula is C104H84N2. The molecule has 0 aromatic heterocycles. The van der Waals surface area contributed by atoms with Gasteiger partial charge >= 0.3 is 0 Å². The van der Waals surface area contributed by atoms with Crippen LogP contribution in [0, 0.1) is 0 Å². The van der Waals surface area contributed by atoms with Gasteiger partial charge in [0.15, 0.2) is 0 Å². The Labute approximate surface area is 624 Å². The fraction of sp³-hybridized carbons (Fsp3) is 0.115. The summed E-state index contributed by atoms with van der Waals surface area (Å²) >= 11 is 0. The minimum atomic E-state index is -0.532. The molecule has 0 aliphatic heterocycles. The topological polar surface area (TPSA) is 6.48 Å². The highest BCUT2D eigenvalue weighted by molar-refractivity contribution is 6.15. The molecule has 18 rings (SSSR count). The highest BCUT2D eigenvalue weighted by Gasteiger charge is 2.47. The molecule has 0 amide bonds. The molecule has 2 heteroatoms. The summed E-state index contributed by atoms with van der Waals surface area (Å²) in [6, 6.07) is 129. The summed E-state index contributed by atoms with van der Waals surface area (Å²) in [6.45, 7) is 22.1. The third-order valence-corrected chi connectivity index (χ3v) is 23.2. The predicted octanol–water partition coefficient (Wildman–Crippen LogP) is 27.9. The van der Waals surface area contributed by atoms with Crippen molar-refractivity contribution in [2.24, 2.45) is 0 Å². The average Bonchev–Trinajstić information content (AvgIpc) is 1.57. The molecule has 2 aliphatic carbocycles. The molecular weight excluding hydrogens is 1280 g/mol. The van der Waals surface area contributed by atoms with E-state index in [2.05, 4.69) is 404 Å². The molecule has 510 valence electrons. The van der Waals surface area contributed by atoms with Gasteiger partial charge in [0.05, 0.1) is 33.6 Å². The predicted molar refractivity (Wildman–Crippen MR) is 453 cm³/mol. The van der Waals surface area contributed by atoms with Gasteiger partial charge in [0.25, 0.3) is 0 Å². The summed E-state index contributed by atoms with van der Waals surface area (Å²) in [5.74, 6) is 0. The Morgan fingerprint density at radius 3 is 0.981 bits per heavy atom. The van der Waals surface area contributed by atoms with Crippen molar-refractivity contribution >= 4 is 89.4 Å². The van der Waals surface area contributed by atoms with Crippen LogP contribution in [0.2, 0.25) is 0 Å². The third-order valence-electron chi connectivity index (χ3n) is 23.2. The first kappa shape index (κ1) is 65.6. The van der Waals surface area contributed by atoms with Crippen molar-refractivity contribution < 1.29 is 0 Å². The molecule has 0 N–H and O–H groups in total. The van der Waals surface area contributed by atoms with E-state index in [9.17, 15) is 0 Å². The summed E-state index contributed by atoms with van der Waals surface area (Å²) in [6.07, 6.45) is 5.42. The summed E-state index contributed by atoms with van der Waals surface area (Å²) in [5, 5.41) is 9.37. The quantitative estimate of drug-likeness (QED) is 0.101. The van der Waals surface area contributed by atoms with E-state index in [0.29, 0.717) is 0 Å². The van der Waals surface area contributed by atoms with Crippen LogP contribution in [0.1, 0.15) is 108 Å². The van der Waals surface area contributed by atoms with Gasteiger partial charge in [-0.15, -0.1) is 0 Å². The number of nitrogens with zero attached hydrogens (tertiary/aromatic N) is 2. The van der Waals surface area contributed by atoms with E-state index in [1.54, 1.807) is 0 Å². The minimum absolute atomic E-state index is 0.00783. The second kappa shape index (κ2) is 25.8. The van der Waals surface area contributed by atoms with Crippen molar-refractivity contribution in [3.05, 3.63) is 420 Å². The van der Waals surface area contributed by atoms with Gasteiger partial charge in [-0.25, -0.2) is 0 Å². The molecule has 2 aliphatic rings. The first-order chi connectivity index (χ1) is 51.7. The van der Waals surface area contributed by atoms with E-state index >= 15 is 0 Å². The van der Waals surface area contributed by atoms with Crippen LogP contribution >= 0.6 is 0 Å². The van der Waals surface area contributed by atoms with Crippen LogP contribution in [0.3, 0.4) is 0 Å². The minimum Gasteiger partial charge on any atom is -0.309 e. The van der Waals surface area contributed by atoms with Crippen LogP contribution in [0.4, 0.5) is 34.1 Å². The molecule has 0 fully saturated rings. The number of benzene rings is 16. The Hall–Kier alpha value is -12.4. The van der Waals surface area contributed by atoms with E-state index in [4.69, 9.17) is 0 Å². The normalized spacial score (nSPS) is 15.1.